The molecule has 76 valence electrons. The van der Waals surface area contributed by atoms with Gasteiger partial charge >= 0.3 is 0 Å². The lowest BCUT2D eigenvalue weighted by Gasteiger charge is -2.30. The van der Waals surface area contributed by atoms with E-state index in [-0.39, 0.29) is 11.9 Å². The average molecular weight is 212 g/mol. The van der Waals surface area contributed by atoms with Gasteiger partial charge < -0.3 is 10.6 Å². The summed E-state index contributed by atoms with van der Waals surface area (Å²) in [4.78, 5) is 13.5. The molecule has 0 bridgehead atoms. The summed E-state index contributed by atoms with van der Waals surface area (Å²) in [5.41, 5.74) is 6.22. The summed E-state index contributed by atoms with van der Waals surface area (Å²) < 4.78 is 7.72. The van der Waals surface area contributed by atoms with Gasteiger partial charge in [-0.25, -0.2) is 0 Å². The number of rotatable bonds is 1. The minimum absolute atomic E-state index is 0.0473. The SMILES string of the molecule is NC1CCCN(C(=O)c2cnsn2)C1. The minimum Gasteiger partial charge on any atom is -0.336 e. The molecule has 1 unspecified atom stereocenters. The number of piperidine rings is 1. The van der Waals surface area contributed by atoms with Crippen molar-refractivity contribution in [2.24, 2.45) is 5.73 Å². The van der Waals surface area contributed by atoms with Gasteiger partial charge in [0.15, 0.2) is 5.69 Å². The number of aromatic nitrogens is 2. The van der Waals surface area contributed by atoms with Gasteiger partial charge in [-0.2, -0.15) is 8.75 Å². The molecular weight excluding hydrogens is 200 g/mol. The second kappa shape index (κ2) is 4.02. The van der Waals surface area contributed by atoms with E-state index in [9.17, 15) is 4.79 Å². The van der Waals surface area contributed by atoms with Gasteiger partial charge in [-0.3, -0.25) is 4.79 Å². The molecule has 1 amide bonds. The maximum absolute atomic E-state index is 11.8. The third-order valence-corrected chi connectivity index (χ3v) is 2.80. The summed E-state index contributed by atoms with van der Waals surface area (Å²) in [6.07, 6.45) is 3.48. The van der Waals surface area contributed by atoms with E-state index in [0.717, 1.165) is 31.1 Å². The molecule has 1 aliphatic rings. The van der Waals surface area contributed by atoms with Crippen molar-refractivity contribution in [3.63, 3.8) is 0 Å². The smallest absolute Gasteiger partial charge is 0.275 e. The first-order valence-corrected chi connectivity index (χ1v) is 5.33. The summed E-state index contributed by atoms with van der Waals surface area (Å²) in [5.74, 6) is -0.0473. The fourth-order valence-electron chi connectivity index (χ4n) is 1.62. The Bertz CT molecular complexity index is 313. The van der Waals surface area contributed by atoms with E-state index in [0.29, 0.717) is 12.2 Å². The standard InChI is InChI=1S/C8H12N4OS/c9-6-2-1-3-12(5-6)8(13)7-4-10-14-11-7/h4,6H,1-3,5,9H2. The van der Waals surface area contributed by atoms with Crippen LogP contribution in [0.25, 0.3) is 0 Å². The van der Waals surface area contributed by atoms with Crippen LogP contribution < -0.4 is 5.73 Å². The van der Waals surface area contributed by atoms with Crippen LogP contribution >= 0.6 is 11.7 Å². The Morgan fingerprint density at radius 1 is 1.71 bits per heavy atom. The lowest BCUT2D eigenvalue weighted by molar-refractivity contribution is 0.0704. The quantitative estimate of drug-likeness (QED) is 0.716. The molecule has 0 spiro atoms. The second-order valence-corrected chi connectivity index (χ2v) is 4.00. The molecule has 1 aromatic heterocycles. The van der Waals surface area contributed by atoms with Crippen LogP contribution in [-0.4, -0.2) is 38.7 Å². The van der Waals surface area contributed by atoms with E-state index in [1.807, 2.05) is 0 Å². The van der Waals surface area contributed by atoms with Crippen molar-refractivity contribution >= 4 is 17.6 Å². The van der Waals surface area contributed by atoms with Crippen LogP contribution in [0.15, 0.2) is 6.20 Å². The zero-order chi connectivity index (χ0) is 9.97. The Kier molecular flexibility index (Phi) is 2.74. The molecule has 2 heterocycles. The van der Waals surface area contributed by atoms with Crippen LogP contribution in [-0.2, 0) is 0 Å². The van der Waals surface area contributed by atoms with Crippen LogP contribution in [0.5, 0.6) is 0 Å². The summed E-state index contributed by atoms with van der Waals surface area (Å²) in [5, 5.41) is 0. The van der Waals surface area contributed by atoms with Crippen molar-refractivity contribution in [3.05, 3.63) is 11.9 Å². The van der Waals surface area contributed by atoms with E-state index in [1.54, 1.807) is 4.90 Å². The third kappa shape index (κ3) is 1.91. The number of hydrogen-bond acceptors (Lipinski definition) is 5. The van der Waals surface area contributed by atoms with Gasteiger partial charge in [0.1, 0.15) is 0 Å². The summed E-state index contributed by atoms with van der Waals surface area (Å²) in [7, 11) is 0. The monoisotopic (exact) mass is 212 g/mol. The fourth-order valence-corrected chi connectivity index (χ4v) is 2.02. The van der Waals surface area contributed by atoms with E-state index in [4.69, 9.17) is 5.73 Å². The van der Waals surface area contributed by atoms with Gasteiger partial charge in [0.25, 0.3) is 5.91 Å². The van der Waals surface area contributed by atoms with Crippen LogP contribution in [0, 0.1) is 0 Å². The predicted octanol–water partition coefficient (Wildman–Crippen LogP) is 0.101. The highest BCUT2D eigenvalue weighted by molar-refractivity contribution is 6.99. The van der Waals surface area contributed by atoms with Crippen LogP contribution in [0.1, 0.15) is 23.3 Å². The average Bonchev–Trinajstić information content (AvgIpc) is 2.69. The molecule has 1 aliphatic heterocycles. The van der Waals surface area contributed by atoms with Crippen molar-refractivity contribution in [2.75, 3.05) is 13.1 Å². The van der Waals surface area contributed by atoms with Crippen molar-refractivity contribution in [2.45, 2.75) is 18.9 Å². The highest BCUT2D eigenvalue weighted by Crippen LogP contribution is 2.11. The van der Waals surface area contributed by atoms with Gasteiger partial charge in [-0.1, -0.05) is 0 Å². The number of hydrogen-bond donors (Lipinski definition) is 1. The van der Waals surface area contributed by atoms with Crippen molar-refractivity contribution in [1.82, 2.24) is 13.6 Å². The molecule has 1 atom stereocenters. The molecule has 0 aliphatic carbocycles. The molecule has 6 heteroatoms. The van der Waals surface area contributed by atoms with Crippen LogP contribution in [0.4, 0.5) is 0 Å². The molecule has 0 saturated carbocycles. The molecule has 1 aromatic rings. The van der Waals surface area contributed by atoms with E-state index < -0.39 is 0 Å². The van der Waals surface area contributed by atoms with Gasteiger partial charge in [-0.05, 0) is 12.8 Å². The lowest BCUT2D eigenvalue weighted by atomic mass is 10.1. The molecular formula is C8H12N4OS. The topological polar surface area (TPSA) is 72.1 Å². The van der Waals surface area contributed by atoms with Crippen molar-refractivity contribution in [3.8, 4) is 0 Å². The summed E-state index contributed by atoms with van der Waals surface area (Å²) in [6, 6.07) is 0.110. The Balaban J connectivity index is 2.04. The number of amides is 1. The molecule has 0 aromatic carbocycles. The minimum atomic E-state index is -0.0473. The van der Waals surface area contributed by atoms with Crippen molar-refractivity contribution < 1.29 is 4.79 Å². The van der Waals surface area contributed by atoms with E-state index >= 15 is 0 Å². The van der Waals surface area contributed by atoms with Gasteiger partial charge in [0.05, 0.1) is 17.9 Å². The number of nitrogens with zero attached hydrogens (tertiary/aromatic N) is 3. The molecule has 2 rings (SSSR count). The molecule has 0 radical (unpaired) electrons. The third-order valence-electron chi connectivity index (χ3n) is 2.33. The summed E-state index contributed by atoms with van der Waals surface area (Å²) >= 11 is 1.05. The van der Waals surface area contributed by atoms with E-state index in [2.05, 4.69) is 8.75 Å². The predicted molar refractivity (Wildman–Crippen MR) is 53.0 cm³/mol. The number of likely N-dealkylation sites (tertiary alicyclic amines) is 1. The van der Waals surface area contributed by atoms with Gasteiger partial charge in [0.2, 0.25) is 0 Å². The highest BCUT2D eigenvalue weighted by atomic mass is 32.1. The first-order chi connectivity index (χ1) is 6.77. The molecule has 5 nitrogen and oxygen atoms in total. The molecule has 14 heavy (non-hydrogen) atoms. The number of carbonyl (C=O) groups is 1. The largest absolute Gasteiger partial charge is 0.336 e. The molecule has 1 saturated heterocycles. The zero-order valence-electron chi connectivity index (χ0n) is 7.72. The number of carbonyl (C=O) groups excluding carboxylic acids is 1. The lowest BCUT2D eigenvalue weighted by Crippen LogP contribution is -2.45. The maximum Gasteiger partial charge on any atom is 0.275 e. The Morgan fingerprint density at radius 2 is 2.57 bits per heavy atom. The first kappa shape index (κ1) is 9.54. The van der Waals surface area contributed by atoms with Crippen LogP contribution in [0.2, 0.25) is 0 Å². The highest BCUT2D eigenvalue weighted by Gasteiger charge is 2.23. The normalized spacial score (nSPS) is 22.4. The molecule has 1 fully saturated rings. The number of nitrogens with two attached hydrogens (primary N) is 1. The van der Waals surface area contributed by atoms with Crippen LogP contribution in [0.3, 0.4) is 0 Å². The fraction of sp³-hybridized carbons (Fsp3) is 0.625. The zero-order valence-corrected chi connectivity index (χ0v) is 8.54. The first-order valence-electron chi connectivity index (χ1n) is 4.60. The van der Waals surface area contributed by atoms with Gasteiger partial charge in [-0.15, -0.1) is 0 Å². The maximum atomic E-state index is 11.8. The summed E-state index contributed by atoms with van der Waals surface area (Å²) in [6.45, 7) is 1.42. The second-order valence-electron chi connectivity index (χ2n) is 3.45. The van der Waals surface area contributed by atoms with Crippen molar-refractivity contribution in [1.29, 1.82) is 0 Å². The van der Waals surface area contributed by atoms with Gasteiger partial charge in [0, 0.05) is 19.1 Å². The Morgan fingerprint density at radius 3 is 3.21 bits per heavy atom. The Hall–Kier alpha value is -1.01. The van der Waals surface area contributed by atoms with E-state index in [1.165, 1.54) is 6.20 Å². The molecule has 2 N–H and O–H groups in total. The Labute approximate surface area is 86.2 Å².